The first kappa shape index (κ1) is 21.4. The van der Waals surface area contributed by atoms with E-state index in [0.29, 0.717) is 25.4 Å². The molecule has 0 atom stereocenters. The molecule has 0 saturated heterocycles. The first-order chi connectivity index (χ1) is 11.7. The van der Waals surface area contributed by atoms with E-state index in [1.54, 1.807) is 0 Å². The van der Waals surface area contributed by atoms with Crippen LogP contribution < -0.4 is 10.6 Å². The van der Waals surface area contributed by atoms with E-state index in [-0.39, 0.29) is 17.1 Å². The molecule has 0 bridgehead atoms. The van der Waals surface area contributed by atoms with Crippen molar-refractivity contribution in [3.8, 4) is 0 Å². The van der Waals surface area contributed by atoms with Gasteiger partial charge in [-0.3, -0.25) is 9.59 Å². The van der Waals surface area contributed by atoms with Crippen molar-refractivity contribution in [3.63, 3.8) is 0 Å². The Kier molecular flexibility index (Phi) is 8.84. The Morgan fingerprint density at radius 3 is 2.20 bits per heavy atom. The maximum atomic E-state index is 11.9. The zero-order valence-corrected chi connectivity index (χ0v) is 16.4. The Balaban J connectivity index is 2.28. The van der Waals surface area contributed by atoms with Crippen molar-refractivity contribution in [3.05, 3.63) is 35.4 Å². The summed E-state index contributed by atoms with van der Waals surface area (Å²) in [6.07, 6.45) is 2.57. The van der Waals surface area contributed by atoms with E-state index >= 15 is 0 Å². The fourth-order valence-corrected chi connectivity index (χ4v) is 2.41. The topological polar surface area (TPSA) is 58.2 Å². The average molecular weight is 347 g/mol. The van der Waals surface area contributed by atoms with E-state index in [1.165, 1.54) is 5.56 Å². The van der Waals surface area contributed by atoms with Gasteiger partial charge in [-0.25, -0.2) is 0 Å². The number of ketones is 1. The second-order valence-corrected chi connectivity index (χ2v) is 8.01. The number of hydrogen-bond donors (Lipinski definition) is 2. The van der Waals surface area contributed by atoms with Crippen molar-refractivity contribution in [2.45, 2.75) is 79.4 Å². The van der Waals surface area contributed by atoms with Gasteiger partial charge in [0.2, 0.25) is 5.91 Å². The molecule has 4 nitrogen and oxygen atoms in total. The number of hydrogen-bond acceptors (Lipinski definition) is 3. The zero-order valence-electron chi connectivity index (χ0n) is 16.4. The van der Waals surface area contributed by atoms with Crippen LogP contribution in [0.1, 0.15) is 71.4 Å². The molecule has 0 aliphatic rings. The molecule has 1 amide bonds. The van der Waals surface area contributed by atoms with Crippen molar-refractivity contribution < 1.29 is 9.59 Å². The van der Waals surface area contributed by atoms with Gasteiger partial charge in [-0.15, -0.1) is 0 Å². The van der Waals surface area contributed by atoms with E-state index < -0.39 is 0 Å². The third-order valence-electron chi connectivity index (χ3n) is 4.09. The van der Waals surface area contributed by atoms with Crippen molar-refractivity contribution in [2.24, 2.45) is 5.41 Å². The molecule has 0 aromatic heterocycles. The molecule has 0 aliphatic heterocycles. The lowest BCUT2D eigenvalue weighted by molar-refractivity contribution is -0.126. The summed E-state index contributed by atoms with van der Waals surface area (Å²) in [4.78, 5) is 23.8. The second kappa shape index (κ2) is 10.3. The molecule has 0 unspecified atom stereocenters. The molecule has 0 fully saturated rings. The van der Waals surface area contributed by atoms with Crippen LogP contribution in [-0.4, -0.2) is 17.7 Å². The van der Waals surface area contributed by atoms with Crippen LogP contribution in [0.4, 0.5) is 0 Å². The fraction of sp³-hybridized carbons (Fsp3) is 0.619. The molecule has 0 aliphatic carbocycles. The van der Waals surface area contributed by atoms with Crippen LogP contribution in [-0.2, 0) is 22.7 Å². The Labute approximate surface area is 152 Å². The van der Waals surface area contributed by atoms with Crippen molar-refractivity contribution in [2.75, 3.05) is 0 Å². The number of benzene rings is 1. The summed E-state index contributed by atoms with van der Waals surface area (Å²) in [5.41, 5.74) is 2.05. The summed E-state index contributed by atoms with van der Waals surface area (Å²) in [7, 11) is 0. The van der Waals surface area contributed by atoms with E-state index in [9.17, 15) is 9.59 Å². The molecule has 2 N–H and O–H groups in total. The number of carbonyl (C=O) groups is 2. The maximum absolute atomic E-state index is 11.9. The maximum Gasteiger partial charge on any atom is 0.220 e. The molecule has 4 heteroatoms. The number of amides is 1. The minimum atomic E-state index is -0.280. The van der Waals surface area contributed by atoms with Crippen LogP contribution in [0, 0.1) is 5.41 Å². The Morgan fingerprint density at radius 1 is 1.00 bits per heavy atom. The molecule has 0 saturated carbocycles. The predicted octanol–water partition coefficient (Wildman–Crippen LogP) is 3.98. The Morgan fingerprint density at radius 2 is 1.60 bits per heavy atom. The zero-order chi connectivity index (χ0) is 18.9. The van der Waals surface area contributed by atoms with Gasteiger partial charge < -0.3 is 10.6 Å². The smallest absolute Gasteiger partial charge is 0.220 e. The third kappa shape index (κ3) is 9.40. The summed E-state index contributed by atoms with van der Waals surface area (Å²) in [5.74, 6) is 0.314. The molecule has 140 valence electrons. The van der Waals surface area contributed by atoms with E-state index in [1.807, 2.05) is 32.9 Å². The van der Waals surface area contributed by atoms with Crippen molar-refractivity contribution in [1.29, 1.82) is 0 Å². The van der Waals surface area contributed by atoms with Gasteiger partial charge in [0.1, 0.15) is 5.78 Å². The van der Waals surface area contributed by atoms with Crippen LogP contribution in [0.3, 0.4) is 0 Å². The molecule has 1 aromatic rings. The average Bonchev–Trinajstić information content (AvgIpc) is 2.54. The van der Waals surface area contributed by atoms with Crippen LogP contribution in [0.15, 0.2) is 24.3 Å². The van der Waals surface area contributed by atoms with Gasteiger partial charge in [-0.05, 0) is 24.0 Å². The van der Waals surface area contributed by atoms with Crippen molar-refractivity contribution in [1.82, 2.24) is 10.6 Å². The SMILES string of the molecule is CC(C)NCc1cccc(CNC(=O)CCCCC(=O)C(C)(C)C)c1. The largest absolute Gasteiger partial charge is 0.352 e. The fourth-order valence-electron chi connectivity index (χ4n) is 2.41. The highest BCUT2D eigenvalue weighted by Gasteiger charge is 2.20. The monoisotopic (exact) mass is 346 g/mol. The first-order valence-electron chi connectivity index (χ1n) is 9.29. The Hall–Kier alpha value is -1.68. The van der Waals surface area contributed by atoms with Gasteiger partial charge in [-0.2, -0.15) is 0 Å². The predicted molar refractivity (Wildman–Crippen MR) is 103 cm³/mol. The van der Waals surface area contributed by atoms with E-state index in [0.717, 1.165) is 24.9 Å². The molecular weight excluding hydrogens is 312 g/mol. The second-order valence-electron chi connectivity index (χ2n) is 8.01. The van der Waals surface area contributed by atoms with Crippen molar-refractivity contribution >= 4 is 11.7 Å². The minimum Gasteiger partial charge on any atom is -0.352 e. The molecule has 1 aromatic carbocycles. The van der Waals surface area contributed by atoms with Crippen LogP contribution in [0.2, 0.25) is 0 Å². The highest BCUT2D eigenvalue weighted by atomic mass is 16.1. The standard InChI is InChI=1S/C21H34N2O2/c1-16(2)22-14-17-9-8-10-18(13-17)15-23-20(25)12-7-6-11-19(24)21(3,4)5/h8-10,13,16,22H,6-7,11-12,14-15H2,1-5H3,(H,23,25). The number of carbonyl (C=O) groups excluding carboxylic acids is 2. The summed E-state index contributed by atoms with van der Waals surface area (Å²) in [5, 5.41) is 6.36. The molecule has 0 heterocycles. The van der Waals surface area contributed by atoms with Gasteiger partial charge in [0.05, 0.1) is 0 Å². The molecule has 25 heavy (non-hydrogen) atoms. The summed E-state index contributed by atoms with van der Waals surface area (Å²) < 4.78 is 0. The Bertz CT molecular complexity index is 559. The van der Waals surface area contributed by atoms with E-state index in [2.05, 4.69) is 36.6 Å². The highest BCUT2D eigenvalue weighted by Crippen LogP contribution is 2.18. The van der Waals surface area contributed by atoms with Gasteiger partial charge in [0, 0.05) is 37.4 Å². The lowest BCUT2D eigenvalue weighted by Gasteiger charge is -2.16. The van der Waals surface area contributed by atoms with Gasteiger partial charge in [0.25, 0.3) is 0 Å². The lowest BCUT2D eigenvalue weighted by atomic mass is 9.88. The quantitative estimate of drug-likeness (QED) is 0.630. The third-order valence-corrected chi connectivity index (χ3v) is 4.09. The first-order valence-corrected chi connectivity index (χ1v) is 9.29. The number of unbranched alkanes of at least 4 members (excludes halogenated alkanes) is 1. The summed E-state index contributed by atoms with van der Waals surface area (Å²) >= 11 is 0. The summed E-state index contributed by atoms with van der Waals surface area (Å²) in [6, 6.07) is 8.72. The molecule has 1 rings (SSSR count). The number of Topliss-reactive ketones (excluding diaryl/α,β-unsaturated/α-hetero) is 1. The summed E-state index contributed by atoms with van der Waals surface area (Å²) in [6.45, 7) is 11.4. The van der Waals surface area contributed by atoms with Gasteiger partial charge >= 0.3 is 0 Å². The van der Waals surface area contributed by atoms with Crippen LogP contribution in [0.5, 0.6) is 0 Å². The van der Waals surface area contributed by atoms with Gasteiger partial charge in [-0.1, -0.05) is 58.9 Å². The lowest BCUT2D eigenvalue weighted by Crippen LogP contribution is -2.23. The van der Waals surface area contributed by atoms with E-state index in [4.69, 9.17) is 0 Å². The van der Waals surface area contributed by atoms with Crippen LogP contribution >= 0.6 is 0 Å². The molecule has 0 spiro atoms. The highest BCUT2D eigenvalue weighted by molar-refractivity contribution is 5.83. The minimum absolute atomic E-state index is 0.0499. The normalized spacial score (nSPS) is 11.6. The van der Waals surface area contributed by atoms with Crippen LogP contribution in [0.25, 0.3) is 0 Å². The molecular formula is C21H34N2O2. The number of rotatable bonds is 10. The van der Waals surface area contributed by atoms with Gasteiger partial charge in [0.15, 0.2) is 0 Å². The molecule has 0 radical (unpaired) electrons. The number of nitrogens with one attached hydrogen (secondary N) is 2.